The van der Waals surface area contributed by atoms with Crippen LogP contribution in [0.15, 0.2) is 41.4 Å². The van der Waals surface area contributed by atoms with Crippen LogP contribution < -0.4 is 24.8 Å². The van der Waals surface area contributed by atoms with Gasteiger partial charge in [0.25, 0.3) is 0 Å². The van der Waals surface area contributed by atoms with Crippen molar-refractivity contribution < 1.29 is 18.9 Å². The average molecular weight is 543 g/mol. The SMILES string of the molecule is CCCOCc1ccccc1CNC(=NC)NCc1cc(OC)c(OC)c(OC)c1.I. The molecule has 0 aromatic heterocycles. The number of halogens is 1. The molecule has 0 saturated heterocycles. The van der Waals surface area contributed by atoms with Crippen LogP contribution in [0.25, 0.3) is 0 Å². The number of hydrogen-bond donors (Lipinski definition) is 2. The van der Waals surface area contributed by atoms with Gasteiger partial charge in [-0.2, -0.15) is 0 Å². The summed E-state index contributed by atoms with van der Waals surface area (Å²) < 4.78 is 21.9. The Bertz CT molecular complexity index is 805. The molecule has 2 aromatic rings. The summed E-state index contributed by atoms with van der Waals surface area (Å²) >= 11 is 0. The Hall–Kier alpha value is -2.20. The molecule has 0 spiro atoms. The molecule has 0 aliphatic carbocycles. The summed E-state index contributed by atoms with van der Waals surface area (Å²) in [5.41, 5.74) is 3.35. The first kappa shape index (κ1) is 26.8. The van der Waals surface area contributed by atoms with Gasteiger partial charge in [0.1, 0.15) is 0 Å². The van der Waals surface area contributed by atoms with E-state index in [1.54, 1.807) is 28.4 Å². The monoisotopic (exact) mass is 543 g/mol. The minimum absolute atomic E-state index is 0. The van der Waals surface area contributed by atoms with Gasteiger partial charge in [0.15, 0.2) is 17.5 Å². The van der Waals surface area contributed by atoms with Gasteiger partial charge in [-0.15, -0.1) is 24.0 Å². The van der Waals surface area contributed by atoms with Crippen LogP contribution in [0.2, 0.25) is 0 Å². The Labute approximate surface area is 202 Å². The minimum Gasteiger partial charge on any atom is -0.493 e. The lowest BCUT2D eigenvalue weighted by Gasteiger charge is -2.16. The van der Waals surface area contributed by atoms with Gasteiger partial charge >= 0.3 is 0 Å². The number of methoxy groups -OCH3 is 3. The molecule has 0 unspecified atom stereocenters. The number of rotatable bonds is 11. The highest BCUT2D eigenvalue weighted by Crippen LogP contribution is 2.38. The third-order valence-corrected chi connectivity index (χ3v) is 4.58. The number of guanidine groups is 1. The highest BCUT2D eigenvalue weighted by molar-refractivity contribution is 14.0. The second kappa shape index (κ2) is 14.7. The first-order valence-electron chi connectivity index (χ1n) is 10.0. The van der Waals surface area contributed by atoms with Crippen molar-refractivity contribution in [2.24, 2.45) is 4.99 Å². The minimum atomic E-state index is 0. The number of nitrogens with one attached hydrogen (secondary N) is 2. The fraction of sp³-hybridized carbons (Fsp3) is 0.435. The lowest BCUT2D eigenvalue weighted by Crippen LogP contribution is -2.36. The summed E-state index contributed by atoms with van der Waals surface area (Å²) in [4.78, 5) is 4.32. The maximum absolute atomic E-state index is 5.70. The van der Waals surface area contributed by atoms with Gasteiger partial charge in [-0.3, -0.25) is 4.99 Å². The fourth-order valence-corrected chi connectivity index (χ4v) is 3.02. The van der Waals surface area contributed by atoms with E-state index in [0.29, 0.717) is 42.9 Å². The average Bonchev–Trinajstić information content (AvgIpc) is 2.79. The molecular formula is C23H34IN3O4. The van der Waals surface area contributed by atoms with E-state index < -0.39 is 0 Å². The Kier molecular flexibility index (Phi) is 12.8. The van der Waals surface area contributed by atoms with Crippen molar-refractivity contribution in [2.45, 2.75) is 33.0 Å². The fourth-order valence-electron chi connectivity index (χ4n) is 3.02. The van der Waals surface area contributed by atoms with Crippen LogP contribution in [0, 0.1) is 0 Å². The molecule has 2 rings (SSSR count). The second-order valence-electron chi connectivity index (χ2n) is 6.63. The topological polar surface area (TPSA) is 73.3 Å². The zero-order valence-corrected chi connectivity index (χ0v) is 21.3. The molecule has 0 atom stereocenters. The highest BCUT2D eigenvalue weighted by atomic mass is 127. The zero-order chi connectivity index (χ0) is 21.8. The van der Waals surface area contributed by atoms with E-state index in [1.165, 1.54) is 11.1 Å². The second-order valence-corrected chi connectivity index (χ2v) is 6.63. The molecule has 0 aliphatic rings. The van der Waals surface area contributed by atoms with Crippen molar-refractivity contribution >= 4 is 29.9 Å². The smallest absolute Gasteiger partial charge is 0.203 e. The van der Waals surface area contributed by atoms with Gasteiger partial charge in [0, 0.05) is 26.7 Å². The summed E-state index contributed by atoms with van der Waals surface area (Å²) in [5.74, 6) is 2.52. The first-order valence-corrected chi connectivity index (χ1v) is 10.0. The van der Waals surface area contributed by atoms with Crippen molar-refractivity contribution in [2.75, 3.05) is 35.0 Å². The van der Waals surface area contributed by atoms with Crippen LogP contribution in [-0.4, -0.2) is 40.9 Å². The lowest BCUT2D eigenvalue weighted by molar-refractivity contribution is 0.121. The maximum atomic E-state index is 5.70. The van der Waals surface area contributed by atoms with Gasteiger partial charge in [-0.1, -0.05) is 31.2 Å². The number of nitrogens with zero attached hydrogens (tertiary/aromatic N) is 1. The van der Waals surface area contributed by atoms with Crippen LogP contribution in [-0.2, 0) is 24.4 Å². The van der Waals surface area contributed by atoms with E-state index in [2.05, 4.69) is 34.7 Å². The lowest BCUT2D eigenvalue weighted by atomic mass is 10.1. The summed E-state index contributed by atoms with van der Waals surface area (Å²) in [5, 5.41) is 6.69. The Balaban J connectivity index is 0.00000480. The molecule has 2 N–H and O–H groups in total. The third-order valence-electron chi connectivity index (χ3n) is 4.58. The molecule has 31 heavy (non-hydrogen) atoms. The van der Waals surface area contributed by atoms with Gasteiger partial charge in [0.2, 0.25) is 5.75 Å². The van der Waals surface area contributed by atoms with Gasteiger partial charge < -0.3 is 29.6 Å². The van der Waals surface area contributed by atoms with Crippen LogP contribution in [0.5, 0.6) is 17.2 Å². The predicted molar refractivity (Wildman–Crippen MR) is 135 cm³/mol. The number of hydrogen-bond acceptors (Lipinski definition) is 5. The van der Waals surface area contributed by atoms with E-state index in [0.717, 1.165) is 18.6 Å². The van der Waals surface area contributed by atoms with Crippen molar-refractivity contribution in [3.05, 3.63) is 53.1 Å². The highest BCUT2D eigenvalue weighted by Gasteiger charge is 2.13. The molecular weight excluding hydrogens is 509 g/mol. The summed E-state index contributed by atoms with van der Waals surface area (Å²) in [6.07, 6.45) is 1.01. The summed E-state index contributed by atoms with van der Waals surface area (Å²) in [7, 11) is 6.56. The molecule has 0 saturated carbocycles. The van der Waals surface area contributed by atoms with Crippen molar-refractivity contribution in [1.82, 2.24) is 10.6 Å². The molecule has 0 fully saturated rings. The maximum Gasteiger partial charge on any atom is 0.203 e. The number of aliphatic imine (C=N–C) groups is 1. The van der Waals surface area contributed by atoms with Gasteiger partial charge in [0.05, 0.1) is 27.9 Å². The molecule has 0 heterocycles. The van der Waals surface area contributed by atoms with Gasteiger partial charge in [-0.25, -0.2) is 0 Å². The Morgan fingerprint density at radius 3 is 2.06 bits per heavy atom. The first-order chi connectivity index (χ1) is 14.7. The molecule has 0 amide bonds. The van der Waals surface area contributed by atoms with Gasteiger partial charge in [-0.05, 0) is 35.2 Å². The molecule has 8 heteroatoms. The van der Waals surface area contributed by atoms with Crippen LogP contribution in [0.1, 0.15) is 30.0 Å². The van der Waals surface area contributed by atoms with Crippen LogP contribution in [0.3, 0.4) is 0 Å². The summed E-state index contributed by atoms with van der Waals surface area (Å²) in [6, 6.07) is 12.1. The van der Waals surface area contributed by atoms with E-state index in [9.17, 15) is 0 Å². The number of benzene rings is 2. The normalized spacial score (nSPS) is 10.8. The molecule has 2 aromatic carbocycles. The van der Waals surface area contributed by atoms with E-state index in [-0.39, 0.29) is 24.0 Å². The molecule has 0 aliphatic heterocycles. The Morgan fingerprint density at radius 1 is 0.903 bits per heavy atom. The van der Waals surface area contributed by atoms with E-state index >= 15 is 0 Å². The predicted octanol–water partition coefficient (Wildman–Crippen LogP) is 4.12. The van der Waals surface area contributed by atoms with Crippen LogP contribution in [0.4, 0.5) is 0 Å². The zero-order valence-electron chi connectivity index (χ0n) is 19.0. The van der Waals surface area contributed by atoms with Crippen molar-refractivity contribution in [3.8, 4) is 17.2 Å². The van der Waals surface area contributed by atoms with E-state index in [1.807, 2.05) is 24.3 Å². The molecule has 0 bridgehead atoms. The van der Waals surface area contributed by atoms with E-state index in [4.69, 9.17) is 18.9 Å². The van der Waals surface area contributed by atoms with Crippen molar-refractivity contribution in [1.29, 1.82) is 0 Å². The molecule has 0 radical (unpaired) electrons. The molecule has 7 nitrogen and oxygen atoms in total. The number of ether oxygens (including phenoxy) is 4. The third kappa shape index (κ3) is 8.10. The summed E-state index contributed by atoms with van der Waals surface area (Å²) in [6.45, 7) is 4.69. The standard InChI is InChI=1S/C23H33N3O4.HI/c1-6-11-30-16-19-10-8-7-9-18(19)15-26-23(24-2)25-14-17-12-20(27-3)22(29-5)21(13-17)28-4;/h7-10,12-13H,6,11,14-16H2,1-5H3,(H2,24,25,26);1H. The Morgan fingerprint density at radius 2 is 1.52 bits per heavy atom. The van der Waals surface area contributed by atoms with Crippen molar-refractivity contribution in [3.63, 3.8) is 0 Å². The largest absolute Gasteiger partial charge is 0.493 e. The molecule has 172 valence electrons. The quantitative estimate of drug-likeness (QED) is 0.192. The van der Waals surface area contributed by atoms with Crippen LogP contribution >= 0.6 is 24.0 Å².